The fourth-order valence-electron chi connectivity index (χ4n) is 3.69. The van der Waals surface area contributed by atoms with Crippen LogP contribution in [0.1, 0.15) is 31.2 Å². The van der Waals surface area contributed by atoms with Crippen molar-refractivity contribution in [3.05, 3.63) is 29.8 Å². The first-order valence-electron chi connectivity index (χ1n) is 9.38. The highest BCUT2D eigenvalue weighted by molar-refractivity contribution is 5.27. The van der Waals surface area contributed by atoms with Gasteiger partial charge in [0.2, 0.25) is 0 Å². The van der Waals surface area contributed by atoms with Crippen molar-refractivity contribution in [2.45, 2.75) is 38.2 Å². The molecule has 2 aliphatic heterocycles. The minimum absolute atomic E-state index is 0.347. The Morgan fingerprint density at radius 3 is 2.58 bits per heavy atom. The highest BCUT2D eigenvalue weighted by Gasteiger charge is 2.20. The Balaban J connectivity index is 1.29. The molecule has 0 N–H and O–H groups in total. The first-order valence-corrected chi connectivity index (χ1v) is 9.38. The molecule has 1 atom stereocenters. The van der Waals surface area contributed by atoms with Crippen molar-refractivity contribution in [3.63, 3.8) is 0 Å². The van der Waals surface area contributed by atoms with Gasteiger partial charge in [0.25, 0.3) is 0 Å². The molecule has 0 aliphatic carbocycles. The van der Waals surface area contributed by atoms with Gasteiger partial charge in [-0.05, 0) is 68.8 Å². The van der Waals surface area contributed by atoms with E-state index in [1.54, 1.807) is 7.11 Å². The Labute approximate surface area is 146 Å². The first kappa shape index (κ1) is 17.7. The molecule has 1 unspecified atom stereocenters. The summed E-state index contributed by atoms with van der Waals surface area (Å²) in [5.41, 5.74) is 1.43. The van der Waals surface area contributed by atoms with Crippen LogP contribution in [0.3, 0.4) is 0 Å². The fourth-order valence-corrected chi connectivity index (χ4v) is 3.69. The number of benzene rings is 1. The molecule has 4 nitrogen and oxygen atoms in total. The fraction of sp³-hybridized carbons (Fsp3) is 0.700. The van der Waals surface area contributed by atoms with Crippen LogP contribution in [0.15, 0.2) is 24.3 Å². The largest absolute Gasteiger partial charge is 0.497 e. The zero-order valence-corrected chi connectivity index (χ0v) is 14.9. The van der Waals surface area contributed by atoms with Crippen LogP contribution in [-0.4, -0.2) is 57.6 Å². The molecule has 3 rings (SSSR count). The molecule has 4 heteroatoms. The molecule has 2 heterocycles. The highest BCUT2D eigenvalue weighted by atomic mass is 16.5. The van der Waals surface area contributed by atoms with Crippen molar-refractivity contribution in [1.29, 1.82) is 0 Å². The normalized spacial score (nSPS) is 22.8. The number of hydrogen-bond donors (Lipinski definition) is 0. The van der Waals surface area contributed by atoms with Crippen molar-refractivity contribution >= 4 is 0 Å². The van der Waals surface area contributed by atoms with Crippen molar-refractivity contribution < 1.29 is 14.2 Å². The molecule has 2 saturated heterocycles. The van der Waals surface area contributed by atoms with Gasteiger partial charge >= 0.3 is 0 Å². The van der Waals surface area contributed by atoms with Crippen molar-refractivity contribution in [3.8, 4) is 5.75 Å². The molecule has 2 fully saturated rings. The highest BCUT2D eigenvalue weighted by Crippen LogP contribution is 2.22. The van der Waals surface area contributed by atoms with E-state index in [-0.39, 0.29) is 0 Å². The van der Waals surface area contributed by atoms with E-state index in [2.05, 4.69) is 29.2 Å². The average Bonchev–Trinajstić information content (AvgIpc) is 3.14. The van der Waals surface area contributed by atoms with Gasteiger partial charge in [-0.15, -0.1) is 0 Å². The second-order valence-corrected chi connectivity index (χ2v) is 7.05. The lowest BCUT2D eigenvalue weighted by Crippen LogP contribution is -2.36. The lowest BCUT2D eigenvalue weighted by Gasteiger charge is -2.32. The Morgan fingerprint density at radius 2 is 1.92 bits per heavy atom. The van der Waals surface area contributed by atoms with Crippen LogP contribution in [0, 0.1) is 5.92 Å². The van der Waals surface area contributed by atoms with Crippen molar-refractivity contribution in [1.82, 2.24) is 4.90 Å². The van der Waals surface area contributed by atoms with E-state index < -0.39 is 0 Å². The minimum atomic E-state index is 0.347. The minimum Gasteiger partial charge on any atom is -0.497 e. The maximum absolute atomic E-state index is 5.79. The van der Waals surface area contributed by atoms with E-state index in [0.29, 0.717) is 6.10 Å². The molecule has 0 aromatic heterocycles. The van der Waals surface area contributed by atoms with Crippen LogP contribution in [0.25, 0.3) is 0 Å². The number of nitrogens with zero attached hydrogens (tertiary/aromatic N) is 1. The summed E-state index contributed by atoms with van der Waals surface area (Å²) in [6.45, 7) is 5.98. The summed E-state index contributed by atoms with van der Waals surface area (Å²) < 4.78 is 16.6. The van der Waals surface area contributed by atoms with Gasteiger partial charge < -0.3 is 19.1 Å². The number of methoxy groups -OCH3 is 1. The molecule has 24 heavy (non-hydrogen) atoms. The predicted octanol–water partition coefficient (Wildman–Crippen LogP) is 3.15. The maximum atomic E-state index is 5.79. The van der Waals surface area contributed by atoms with Crippen LogP contribution in [0.4, 0.5) is 0 Å². The summed E-state index contributed by atoms with van der Waals surface area (Å²) >= 11 is 0. The summed E-state index contributed by atoms with van der Waals surface area (Å²) in [5.74, 6) is 1.75. The number of likely N-dealkylation sites (tertiary alicyclic amines) is 1. The third-order valence-electron chi connectivity index (χ3n) is 5.27. The van der Waals surface area contributed by atoms with Crippen LogP contribution in [0.2, 0.25) is 0 Å². The number of rotatable bonds is 8. The second kappa shape index (κ2) is 9.40. The number of ether oxygens (including phenoxy) is 3. The number of piperidine rings is 1. The summed E-state index contributed by atoms with van der Waals surface area (Å²) in [4.78, 5) is 2.54. The number of hydrogen-bond acceptors (Lipinski definition) is 4. The molecule has 1 aromatic rings. The van der Waals surface area contributed by atoms with Crippen molar-refractivity contribution in [2.75, 3.05) is 46.6 Å². The Morgan fingerprint density at radius 1 is 1.12 bits per heavy atom. The van der Waals surface area contributed by atoms with E-state index in [4.69, 9.17) is 14.2 Å². The topological polar surface area (TPSA) is 30.9 Å². The molecule has 1 aromatic carbocycles. The first-order chi connectivity index (χ1) is 11.8. The van der Waals surface area contributed by atoms with Crippen LogP contribution < -0.4 is 4.74 Å². The van der Waals surface area contributed by atoms with Gasteiger partial charge in [0.1, 0.15) is 5.75 Å². The zero-order valence-electron chi connectivity index (χ0n) is 14.9. The summed E-state index contributed by atoms with van der Waals surface area (Å²) in [7, 11) is 1.72. The van der Waals surface area contributed by atoms with E-state index >= 15 is 0 Å². The van der Waals surface area contributed by atoms with Crippen LogP contribution >= 0.6 is 0 Å². The predicted molar refractivity (Wildman–Crippen MR) is 95.7 cm³/mol. The van der Waals surface area contributed by atoms with E-state index in [1.165, 1.54) is 44.3 Å². The quantitative estimate of drug-likeness (QED) is 0.684. The second-order valence-electron chi connectivity index (χ2n) is 7.05. The molecule has 134 valence electrons. The molecule has 0 bridgehead atoms. The molecule has 0 amide bonds. The molecule has 0 radical (unpaired) electrons. The molecular formula is C20H31NO3. The standard InChI is InChI=1S/C20H31NO3/c1-22-19-6-4-17(5-7-19)15-18-8-10-21(11-9-18)12-14-23-16-20-3-2-13-24-20/h4-7,18,20H,2-3,8-16H2,1H3. The summed E-state index contributed by atoms with van der Waals surface area (Å²) in [6, 6.07) is 8.53. The van der Waals surface area contributed by atoms with Gasteiger partial charge in [-0.1, -0.05) is 12.1 Å². The van der Waals surface area contributed by atoms with E-state index in [0.717, 1.165) is 44.5 Å². The third kappa shape index (κ3) is 5.47. The van der Waals surface area contributed by atoms with Crippen molar-refractivity contribution in [2.24, 2.45) is 5.92 Å². The SMILES string of the molecule is COc1ccc(CC2CCN(CCOCC3CCCO3)CC2)cc1. The Hall–Kier alpha value is -1.10. The summed E-state index contributed by atoms with van der Waals surface area (Å²) in [6.07, 6.45) is 6.47. The molecular weight excluding hydrogens is 302 g/mol. The summed E-state index contributed by atoms with van der Waals surface area (Å²) in [5, 5.41) is 0. The molecule has 2 aliphatic rings. The van der Waals surface area contributed by atoms with Crippen LogP contribution in [-0.2, 0) is 15.9 Å². The molecule has 0 saturated carbocycles. The lowest BCUT2D eigenvalue weighted by atomic mass is 9.90. The van der Waals surface area contributed by atoms with Gasteiger partial charge in [0, 0.05) is 13.2 Å². The van der Waals surface area contributed by atoms with Gasteiger partial charge in [-0.25, -0.2) is 0 Å². The third-order valence-corrected chi connectivity index (χ3v) is 5.27. The van der Waals surface area contributed by atoms with Gasteiger partial charge in [-0.2, -0.15) is 0 Å². The van der Waals surface area contributed by atoms with Gasteiger partial charge in [0.05, 0.1) is 26.4 Å². The van der Waals surface area contributed by atoms with E-state index in [1.807, 2.05) is 0 Å². The molecule has 0 spiro atoms. The lowest BCUT2D eigenvalue weighted by molar-refractivity contribution is 0.00797. The van der Waals surface area contributed by atoms with E-state index in [9.17, 15) is 0 Å². The Bertz CT molecular complexity index is 462. The Kier molecular flexibility index (Phi) is 6.94. The average molecular weight is 333 g/mol. The smallest absolute Gasteiger partial charge is 0.118 e. The van der Waals surface area contributed by atoms with Gasteiger partial charge in [-0.3, -0.25) is 0 Å². The maximum Gasteiger partial charge on any atom is 0.118 e. The van der Waals surface area contributed by atoms with Gasteiger partial charge in [0.15, 0.2) is 0 Å². The zero-order chi connectivity index (χ0) is 16.6. The monoisotopic (exact) mass is 333 g/mol. The van der Waals surface area contributed by atoms with Crippen LogP contribution in [0.5, 0.6) is 5.75 Å².